The summed E-state index contributed by atoms with van der Waals surface area (Å²) in [6.07, 6.45) is 0. The Morgan fingerprint density at radius 2 is 1.89 bits per heavy atom. The second-order valence-electron chi connectivity index (χ2n) is 5.85. The molecule has 2 rings (SSSR count). The highest BCUT2D eigenvalue weighted by Gasteiger charge is 2.25. The van der Waals surface area contributed by atoms with Gasteiger partial charge < -0.3 is 5.32 Å². The molecule has 0 bridgehead atoms. The number of nitrogens with one attached hydrogen (secondary N) is 1. The van der Waals surface area contributed by atoms with Gasteiger partial charge in [-0.25, -0.2) is 0 Å². The molecule has 1 aromatic carbocycles. The number of rotatable bonds is 4. The molecule has 0 fully saturated rings. The maximum atomic E-state index is 3.69. The van der Waals surface area contributed by atoms with Crippen molar-refractivity contribution in [2.24, 2.45) is 5.41 Å². The standard InChI is InChI=1S/C16H20BrNS/c1-16(2,3)15(13-7-5-4-6-8-13)18-10-12-9-14(17)19-11-12/h4-9,11,15,18H,10H2,1-3H3. The zero-order chi connectivity index (χ0) is 13.9. The fourth-order valence-electron chi connectivity index (χ4n) is 2.23. The summed E-state index contributed by atoms with van der Waals surface area (Å²) in [7, 11) is 0. The summed E-state index contributed by atoms with van der Waals surface area (Å²) in [4.78, 5) is 0. The minimum atomic E-state index is 0.189. The van der Waals surface area contributed by atoms with E-state index in [9.17, 15) is 0 Å². The van der Waals surface area contributed by atoms with Crippen LogP contribution in [0.5, 0.6) is 0 Å². The highest BCUT2D eigenvalue weighted by molar-refractivity contribution is 9.11. The molecule has 0 aliphatic heterocycles. The van der Waals surface area contributed by atoms with Crippen LogP contribution in [0.1, 0.15) is 37.9 Å². The number of hydrogen-bond donors (Lipinski definition) is 1. The van der Waals surface area contributed by atoms with Gasteiger partial charge in [-0.2, -0.15) is 0 Å². The van der Waals surface area contributed by atoms with E-state index in [1.165, 1.54) is 14.9 Å². The number of benzene rings is 1. The van der Waals surface area contributed by atoms with Crippen molar-refractivity contribution in [3.8, 4) is 0 Å². The van der Waals surface area contributed by atoms with Crippen LogP contribution in [-0.2, 0) is 6.54 Å². The van der Waals surface area contributed by atoms with Crippen LogP contribution in [0.2, 0.25) is 0 Å². The van der Waals surface area contributed by atoms with Gasteiger partial charge in [-0.3, -0.25) is 0 Å². The van der Waals surface area contributed by atoms with E-state index in [4.69, 9.17) is 0 Å². The van der Waals surface area contributed by atoms with Gasteiger partial charge in [-0.15, -0.1) is 11.3 Å². The molecule has 1 aromatic heterocycles. The normalized spacial score (nSPS) is 13.5. The molecule has 0 radical (unpaired) electrons. The third-order valence-corrected chi connectivity index (χ3v) is 4.68. The van der Waals surface area contributed by atoms with Crippen LogP contribution < -0.4 is 5.32 Å². The summed E-state index contributed by atoms with van der Waals surface area (Å²) in [6.45, 7) is 7.74. The van der Waals surface area contributed by atoms with Crippen LogP contribution in [0.25, 0.3) is 0 Å². The lowest BCUT2D eigenvalue weighted by atomic mass is 9.82. The van der Waals surface area contributed by atoms with E-state index in [-0.39, 0.29) is 5.41 Å². The molecule has 0 saturated heterocycles. The number of thiophene rings is 1. The van der Waals surface area contributed by atoms with Crippen molar-refractivity contribution in [2.45, 2.75) is 33.4 Å². The highest BCUT2D eigenvalue weighted by atomic mass is 79.9. The summed E-state index contributed by atoms with van der Waals surface area (Å²) < 4.78 is 1.19. The largest absolute Gasteiger partial charge is 0.305 e. The molecule has 1 nitrogen and oxygen atoms in total. The van der Waals surface area contributed by atoms with Crippen molar-refractivity contribution < 1.29 is 0 Å². The Morgan fingerprint density at radius 1 is 1.21 bits per heavy atom. The van der Waals surface area contributed by atoms with Gasteiger partial charge in [0.05, 0.1) is 3.79 Å². The lowest BCUT2D eigenvalue weighted by Crippen LogP contribution is -2.31. The minimum absolute atomic E-state index is 0.189. The zero-order valence-electron chi connectivity index (χ0n) is 11.6. The smallest absolute Gasteiger partial charge is 0.0701 e. The Morgan fingerprint density at radius 3 is 2.42 bits per heavy atom. The predicted octanol–water partition coefficient (Wildman–Crippen LogP) is 5.39. The van der Waals surface area contributed by atoms with Gasteiger partial charge in [0, 0.05) is 12.6 Å². The third kappa shape index (κ3) is 4.16. The summed E-state index contributed by atoms with van der Waals surface area (Å²) in [5, 5.41) is 5.89. The van der Waals surface area contributed by atoms with Gasteiger partial charge in [0.25, 0.3) is 0 Å². The maximum absolute atomic E-state index is 3.69. The van der Waals surface area contributed by atoms with Gasteiger partial charge >= 0.3 is 0 Å². The molecule has 0 amide bonds. The van der Waals surface area contributed by atoms with Gasteiger partial charge in [0.2, 0.25) is 0 Å². The molecule has 1 N–H and O–H groups in total. The van der Waals surface area contributed by atoms with Gasteiger partial charge in [0.15, 0.2) is 0 Å². The van der Waals surface area contributed by atoms with Crippen LogP contribution in [0.15, 0.2) is 45.6 Å². The quantitative estimate of drug-likeness (QED) is 0.788. The first-order valence-corrected chi connectivity index (χ1v) is 8.15. The highest BCUT2D eigenvalue weighted by Crippen LogP contribution is 2.33. The molecular weight excluding hydrogens is 318 g/mol. The van der Waals surface area contributed by atoms with Crippen molar-refractivity contribution in [2.75, 3.05) is 0 Å². The Hall–Kier alpha value is -0.640. The monoisotopic (exact) mass is 337 g/mol. The van der Waals surface area contributed by atoms with E-state index in [1.54, 1.807) is 11.3 Å². The lowest BCUT2D eigenvalue weighted by Gasteiger charge is -2.32. The summed E-state index contributed by atoms with van der Waals surface area (Å²) in [6, 6.07) is 13.2. The van der Waals surface area contributed by atoms with E-state index >= 15 is 0 Å². The summed E-state index contributed by atoms with van der Waals surface area (Å²) in [5.74, 6) is 0. The molecule has 0 aliphatic carbocycles. The van der Waals surface area contributed by atoms with Gasteiger partial charge in [-0.1, -0.05) is 51.1 Å². The third-order valence-electron chi connectivity index (χ3n) is 3.13. The minimum Gasteiger partial charge on any atom is -0.305 e. The molecule has 3 heteroatoms. The molecule has 1 atom stereocenters. The first-order chi connectivity index (χ1) is 8.97. The Bertz CT molecular complexity index is 513. The summed E-state index contributed by atoms with van der Waals surface area (Å²) in [5.41, 5.74) is 2.88. The van der Waals surface area contributed by atoms with Crippen LogP contribution in [0.4, 0.5) is 0 Å². The molecule has 19 heavy (non-hydrogen) atoms. The van der Waals surface area contributed by atoms with Crippen LogP contribution in [-0.4, -0.2) is 0 Å². The molecule has 0 saturated carbocycles. The molecule has 102 valence electrons. The zero-order valence-corrected chi connectivity index (χ0v) is 14.0. The number of hydrogen-bond acceptors (Lipinski definition) is 2. The molecule has 0 aliphatic rings. The van der Waals surface area contributed by atoms with Crippen LogP contribution in [0, 0.1) is 5.41 Å². The topological polar surface area (TPSA) is 12.0 Å². The first kappa shape index (κ1) is 14.8. The summed E-state index contributed by atoms with van der Waals surface area (Å²) >= 11 is 5.25. The van der Waals surface area contributed by atoms with Crippen molar-refractivity contribution in [1.29, 1.82) is 0 Å². The first-order valence-electron chi connectivity index (χ1n) is 6.48. The Labute approximate surface area is 128 Å². The van der Waals surface area contributed by atoms with Gasteiger partial charge in [-0.05, 0) is 43.9 Å². The molecule has 1 heterocycles. The average Bonchev–Trinajstić information content (AvgIpc) is 2.75. The number of halogens is 1. The van der Waals surface area contributed by atoms with Crippen molar-refractivity contribution >= 4 is 27.3 Å². The van der Waals surface area contributed by atoms with E-state index < -0.39 is 0 Å². The van der Waals surface area contributed by atoms with E-state index in [2.05, 4.69) is 83.8 Å². The maximum Gasteiger partial charge on any atom is 0.0701 e. The Balaban J connectivity index is 2.11. The average molecular weight is 338 g/mol. The van der Waals surface area contributed by atoms with Gasteiger partial charge in [0.1, 0.15) is 0 Å². The van der Waals surface area contributed by atoms with Crippen molar-refractivity contribution in [3.63, 3.8) is 0 Å². The molecule has 2 aromatic rings. The predicted molar refractivity (Wildman–Crippen MR) is 87.5 cm³/mol. The molecular formula is C16H20BrNS. The van der Waals surface area contributed by atoms with Crippen molar-refractivity contribution in [1.82, 2.24) is 5.32 Å². The van der Waals surface area contributed by atoms with E-state index in [0.717, 1.165) is 6.54 Å². The van der Waals surface area contributed by atoms with Crippen molar-refractivity contribution in [3.05, 3.63) is 56.7 Å². The fourth-order valence-corrected chi connectivity index (χ4v) is 3.44. The Kier molecular flexibility index (Phi) is 4.82. The van der Waals surface area contributed by atoms with Crippen LogP contribution in [0.3, 0.4) is 0 Å². The molecule has 0 spiro atoms. The second-order valence-corrected chi connectivity index (χ2v) is 8.14. The van der Waals surface area contributed by atoms with Crippen LogP contribution >= 0.6 is 27.3 Å². The molecule has 1 unspecified atom stereocenters. The second kappa shape index (κ2) is 6.21. The lowest BCUT2D eigenvalue weighted by molar-refractivity contribution is 0.271. The fraction of sp³-hybridized carbons (Fsp3) is 0.375. The van der Waals surface area contributed by atoms with E-state index in [1.807, 2.05) is 0 Å². The van der Waals surface area contributed by atoms with E-state index in [0.29, 0.717) is 6.04 Å². The SMILES string of the molecule is CC(C)(C)C(NCc1csc(Br)c1)c1ccccc1.